The molecule has 0 aliphatic heterocycles. The van der Waals surface area contributed by atoms with Crippen LogP contribution in [-0.4, -0.2) is 45.6 Å². The summed E-state index contributed by atoms with van der Waals surface area (Å²) in [5.41, 5.74) is 3.07. The first-order valence-electron chi connectivity index (χ1n) is 18.5. The van der Waals surface area contributed by atoms with Gasteiger partial charge in [0.2, 0.25) is 11.8 Å². The largest absolute Gasteiger partial charge is 0.497 e. The summed E-state index contributed by atoms with van der Waals surface area (Å²) < 4.78 is 51.5. The molecule has 0 spiro atoms. The zero-order valence-electron chi connectivity index (χ0n) is 33.2. The average Bonchev–Trinajstić information content (AvgIpc) is 3.24. The van der Waals surface area contributed by atoms with Gasteiger partial charge in [0.1, 0.15) is 24.6 Å². The van der Waals surface area contributed by atoms with Gasteiger partial charge < -0.3 is 20.1 Å². The van der Waals surface area contributed by atoms with Crippen molar-refractivity contribution in [1.29, 1.82) is 0 Å². The van der Waals surface area contributed by atoms with E-state index in [1.165, 1.54) is 41.1 Å². The molecule has 12 nitrogen and oxygen atoms in total. The fourth-order valence-electron chi connectivity index (χ4n) is 5.51. The normalized spacial score (nSPS) is 10.6. The molecular weight excluding hydrogens is 766 g/mol. The van der Waals surface area contributed by atoms with Gasteiger partial charge in [0.05, 0.1) is 31.2 Å². The van der Waals surface area contributed by atoms with Gasteiger partial charge in [-0.3, -0.25) is 19.2 Å². The standard InChI is InChI=1S/C21H18F3N3O3.C21H21N3O3.C2H6.2H2/c1-30-16-8-6-14(7-9-16)18-10-11-20(29)27(26-18)13-19(28)25-12-15-4-2-3-5-17(15)21(22,23)24;1-15-4-3-5-16(12-15)13-22-20(25)14-24-21(26)11-10-19(23-24)17-6-8-18(27-2)9-7-17;1-2;;/h2-11H,12-13H2,1H3,(H,25,28);3-12H,13-14H2,1-2H3,(H,22,25);1-2H3;2*1H. The highest BCUT2D eigenvalue weighted by atomic mass is 19.4. The molecule has 0 saturated carbocycles. The highest BCUT2D eigenvalue weighted by molar-refractivity contribution is 5.76. The van der Waals surface area contributed by atoms with Gasteiger partial charge in [-0.2, -0.15) is 23.4 Å². The maximum absolute atomic E-state index is 13.0. The van der Waals surface area contributed by atoms with E-state index < -0.39 is 29.8 Å². The van der Waals surface area contributed by atoms with E-state index in [0.717, 1.165) is 33.2 Å². The minimum Gasteiger partial charge on any atom is -0.497 e. The molecule has 0 aliphatic rings. The van der Waals surface area contributed by atoms with Crippen molar-refractivity contribution in [2.24, 2.45) is 0 Å². The molecule has 0 bridgehead atoms. The summed E-state index contributed by atoms with van der Waals surface area (Å²) in [5, 5.41) is 13.7. The van der Waals surface area contributed by atoms with Gasteiger partial charge in [-0.15, -0.1) is 0 Å². The lowest BCUT2D eigenvalue weighted by molar-refractivity contribution is -0.138. The number of hydrogen-bond acceptors (Lipinski definition) is 8. The molecule has 0 saturated heterocycles. The maximum Gasteiger partial charge on any atom is 0.416 e. The number of carbonyl (C=O) groups is 2. The smallest absolute Gasteiger partial charge is 0.416 e. The van der Waals surface area contributed by atoms with Crippen LogP contribution in [0.4, 0.5) is 13.2 Å². The van der Waals surface area contributed by atoms with Crippen molar-refractivity contribution in [3.8, 4) is 34.0 Å². The maximum atomic E-state index is 13.0. The van der Waals surface area contributed by atoms with Crippen LogP contribution in [0.1, 0.15) is 39.0 Å². The van der Waals surface area contributed by atoms with Crippen molar-refractivity contribution >= 4 is 11.8 Å². The van der Waals surface area contributed by atoms with Crippen molar-refractivity contribution in [3.63, 3.8) is 0 Å². The Morgan fingerprint density at radius 2 is 1.12 bits per heavy atom. The van der Waals surface area contributed by atoms with E-state index in [2.05, 4.69) is 20.8 Å². The van der Waals surface area contributed by atoms with Crippen molar-refractivity contribution < 1.29 is 35.1 Å². The van der Waals surface area contributed by atoms with Gasteiger partial charge in [-0.25, -0.2) is 9.36 Å². The third-order valence-electron chi connectivity index (χ3n) is 8.46. The van der Waals surface area contributed by atoms with Crippen LogP contribution >= 0.6 is 0 Å². The number of halogens is 3. The Balaban J connectivity index is 0.000000393. The number of aromatic nitrogens is 4. The molecule has 0 aliphatic carbocycles. The second-order valence-corrected chi connectivity index (χ2v) is 12.6. The van der Waals surface area contributed by atoms with Gasteiger partial charge in [-0.05, 0) is 84.8 Å². The predicted octanol–water partition coefficient (Wildman–Crippen LogP) is 7.32. The van der Waals surface area contributed by atoms with Gasteiger partial charge in [0, 0.05) is 39.2 Å². The highest BCUT2D eigenvalue weighted by Crippen LogP contribution is 2.31. The van der Waals surface area contributed by atoms with Gasteiger partial charge in [0.15, 0.2) is 0 Å². The molecule has 0 fully saturated rings. The minimum absolute atomic E-state index is 0. The Morgan fingerprint density at radius 1 is 0.644 bits per heavy atom. The van der Waals surface area contributed by atoms with E-state index in [9.17, 15) is 32.3 Å². The SMILES string of the molecule is CC.COc1ccc(-c2ccc(=O)n(CC(=O)NCc3cccc(C)c3)n2)cc1.COc1ccc(-c2ccc(=O)n(CC(=O)NCc3ccccc3C(F)(F)F)n2)cc1.[HH].[HH]. The third-order valence-corrected chi connectivity index (χ3v) is 8.46. The quantitative estimate of drug-likeness (QED) is 0.131. The molecule has 0 unspecified atom stereocenters. The van der Waals surface area contributed by atoms with E-state index >= 15 is 0 Å². The molecule has 15 heteroatoms. The molecule has 312 valence electrons. The molecule has 2 aromatic heterocycles. The van der Waals surface area contributed by atoms with E-state index in [0.29, 0.717) is 29.2 Å². The average molecular weight is 815 g/mol. The number of methoxy groups -OCH3 is 2. The molecule has 4 aromatic carbocycles. The van der Waals surface area contributed by atoms with E-state index in [1.807, 2.05) is 69.3 Å². The Morgan fingerprint density at radius 3 is 1.58 bits per heavy atom. The summed E-state index contributed by atoms with van der Waals surface area (Å²) in [6.45, 7) is 5.54. The fraction of sp³-hybridized carbons (Fsp3) is 0.227. The van der Waals surface area contributed by atoms with Crippen LogP contribution in [0.3, 0.4) is 0 Å². The first kappa shape index (κ1) is 44.7. The van der Waals surface area contributed by atoms with Crippen LogP contribution in [0.5, 0.6) is 11.5 Å². The monoisotopic (exact) mass is 814 g/mol. The Labute approximate surface area is 342 Å². The van der Waals surface area contributed by atoms with Crippen LogP contribution in [0.2, 0.25) is 0 Å². The van der Waals surface area contributed by atoms with Crippen LogP contribution in [0.25, 0.3) is 22.5 Å². The number of nitrogens with zero attached hydrogens (tertiary/aromatic N) is 4. The number of aryl methyl sites for hydroxylation is 1. The van der Waals surface area contributed by atoms with E-state index in [-0.39, 0.29) is 33.0 Å². The predicted molar refractivity (Wildman–Crippen MR) is 223 cm³/mol. The summed E-state index contributed by atoms with van der Waals surface area (Å²) in [7, 11) is 3.14. The fourth-order valence-corrected chi connectivity index (χ4v) is 5.51. The number of alkyl halides is 3. The van der Waals surface area contributed by atoms with Crippen molar-refractivity contribution in [2.45, 2.75) is 53.1 Å². The van der Waals surface area contributed by atoms with Gasteiger partial charge in [0.25, 0.3) is 11.1 Å². The minimum atomic E-state index is -4.52. The van der Waals surface area contributed by atoms with Crippen molar-refractivity contribution in [3.05, 3.63) is 164 Å². The van der Waals surface area contributed by atoms with Crippen LogP contribution in [0.15, 0.2) is 131 Å². The zero-order valence-corrected chi connectivity index (χ0v) is 33.2. The van der Waals surface area contributed by atoms with Crippen molar-refractivity contribution in [1.82, 2.24) is 30.2 Å². The van der Waals surface area contributed by atoms with Crippen molar-refractivity contribution in [2.75, 3.05) is 14.2 Å². The number of amides is 2. The Kier molecular flexibility index (Phi) is 16.3. The zero-order chi connectivity index (χ0) is 43.0. The Hall–Kier alpha value is -7.03. The summed E-state index contributed by atoms with van der Waals surface area (Å²) in [5.74, 6) is 0.500. The number of benzene rings is 4. The van der Waals surface area contributed by atoms with Gasteiger partial charge >= 0.3 is 6.18 Å². The lowest BCUT2D eigenvalue weighted by Gasteiger charge is -2.13. The molecule has 0 radical (unpaired) electrons. The molecule has 2 N–H and O–H groups in total. The summed E-state index contributed by atoms with van der Waals surface area (Å²) in [6.07, 6.45) is -4.52. The molecule has 2 amide bonds. The van der Waals surface area contributed by atoms with Crippen LogP contribution in [-0.2, 0) is 41.9 Å². The van der Waals surface area contributed by atoms with Gasteiger partial charge in [-0.1, -0.05) is 61.9 Å². The van der Waals surface area contributed by atoms with E-state index in [4.69, 9.17) is 9.47 Å². The summed E-state index contributed by atoms with van der Waals surface area (Å²) in [4.78, 5) is 48.6. The molecule has 2 heterocycles. The second kappa shape index (κ2) is 21.5. The summed E-state index contributed by atoms with van der Waals surface area (Å²) >= 11 is 0. The molecule has 6 aromatic rings. The number of ether oxygens (including phenoxy) is 2. The number of carbonyl (C=O) groups excluding carboxylic acids is 2. The van der Waals surface area contributed by atoms with Crippen LogP contribution < -0.4 is 31.2 Å². The lowest BCUT2D eigenvalue weighted by atomic mass is 10.1. The lowest BCUT2D eigenvalue weighted by Crippen LogP contribution is -2.33. The molecular formula is C44H49F3N6O6. The Bertz CT molecular complexity index is 2440. The molecule has 6 rings (SSSR count). The topological polar surface area (TPSA) is 146 Å². The first-order valence-corrected chi connectivity index (χ1v) is 18.5. The highest BCUT2D eigenvalue weighted by Gasteiger charge is 2.32. The first-order chi connectivity index (χ1) is 28.3. The number of hydrogen-bond donors (Lipinski definition) is 2. The number of nitrogens with one attached hydrogen (secondary N) is 2. The molecule has 0 atom stereocenters. The number of rotatable bonds is 12. The van der Waals surface area contributed by atoms with E-state index in [1.54, 1.807) is 44.6 Å². The third kappa shape index (κ3) is 13.3. The summed E-state index contributed by atoms with van der Waals surface area (Å²) in [6, 6.07) is 33.1. The molecule has 59 heavy (non-hydrogen) atoms. The van der Waals surface area contributed by atoms with Crippen LogP contribution in [0, 0.1) is 6.92 Å². The second-order valence-electron chi connectivity index (χ2n) is 12.6.